The van der Waals surface area contributed by atoms with Crippen molar-refractivity contribution >= 4 is 5.78 Å². The topological polar surface area (TPSA) is 113 Å². The molecule has 90 valence electrons. The van der Waals surface area contributed by atoms with Gasteiger partial charge in [0.25, 0.3) is 0 Å². The Morgan fingerprint density at radius 1 is 1.19 bits per heavy atom. The first-order valence-electron chi connectivity index (χ1n) is 4.34. The van der Waals surface area contributed by atoms with Gasteiger partial charge in [-0.2, -0.15) is 0 Å². The molecule has 0 fully saturated rings. The summed E-state index contributed by atoms with van der Waals surface area (Å²) in [7, 11) is 3.40. The highest BCUT2D eigenvalue weighted by Gasteiger charge is 2.17. The molecule has 6 nitrogen and oxygen atoms in total. The lowest BCUT2D eigenvalue weighted by Gasteiger charge is -2.10. The molecule has 1 rings (SSSR count). The van der Waals surface area contributed by atoms with Gasteiger partial charge in [-0.05, 0) is 14.1 Å². The second-order valence-electron chi connectivity index (χ2n) is 3.52. The molecule has 0 spiro atoms. The van der Waals surface area contributed by atoms with Crippen molar-refractivity contribution < 1.29 is 25.6 Å². The van der Waals surface area contributed by atoms with Gasteiger partial charge < -0.3 is 25.7 Å². The van der Waals surface area contributed by atoms with Crippen LogP contribution in [0.2, 0.25) is 0 Å². The van der Waals surface area contributed by atoms with E-state index in [-0.39, 0.29) is 23.3 Å². The minimum Gasteiger partial charge on any atom is -0.508 e. The van der Waals surface area contributed by atoms with Crippen LogP contribution in [-0.4, -0.2) is 52.1 Å². The minimum absolute atomic E-state index is 0. The van der Waals surface area contributed by atoms with Gasteiger partial charge in [0.05, 0.1) is 6.54 Å². The molecule has 0 amide bonds. The molecule has 0 saturated carbocycles. The molecule has 0 bridgehead atoms. The van der Waals surface area contributed by atoms with Crippen molar-refractivity contribution in [3.63, 3.8) is 0 Å². The van der Waals surface area contributed by atoms with Gasteiger partial charge >= 0.3 is 0 Å². The number of ketones is 1. The average Bonchev–Trinajstić information content (AvgIpc) is 1.99. The van der Waals surface area contributed by atoms with Crippen LogP contribution in [0.15, 0.2) is 12.1 Å². The first kappa shape index (κ1) is 14.2. The van der Waals surface area contributed by atoms with Gasteiger partial charge in [0.2, 0.25) is 0 Å². The summed E-state index contributed by atoms with van der Waals surface area (Å²) in [6.45, 7) is 0.0753. The summed E-state index contributed by atoms with van der Waals surface area (Å²) in [5.41, 5.74) is -0.165. The van der Waals surface area contributed by atoms with Gasteiger partial charge in [-0.1, -0.05) is 0 Å². The second-order valence-corrected chi connectivity index (χ2v) is 3.52. The van der Waals surface area contributed by atoms with E-state index >= 15 is 0 Å². The van der Waals surface area contributed by atoms with Gasteiger partial charge in [0.1, 0.15) is 22.8 Å². The summed E-state index contributed by atoms with van der Waals surface area (Å²) < 4.78 is 0. The van der Waals surface area contributed by atoms with Crippen molar-refractivity contribution in [2.24, 2.45) is 0 Å². The molecule has 0 aromatic heterocycles. The van der Waals surface area contributed by atoms with Crippen molar-refractivity contribution in [1.29, 1.82) is 0 Å². The molecule has 1 aromatic rings. The van der Waals surface area contributed by atoms with Crippen molar-refractivity contribution in [2.75, 3.05) is 20.6 Å². The van der Waals surface area contributed by atoms with E-state index in [2.05, 4.69) is 0 Å². The predicted octanol–water partition coefficient (Wildman–Crippen LogP) is -0.277. The lowest BCUT2D eigenvalue weighted by atomic mass is 10.1. The highest BCUT2D eigenvalue weighted by atomic mass is 16.3. The Balaban J connectivity index is 0.00000225. The molecule has 0 aliphatic heterocycles. The maximum absolute atomic E-state index is 11.6. The molecule has 16 heavy (non-hydrogen) atoms. The number of carbonyl (C=O) groups is 1. The number of phenolic OH excluding ortho intramolecular Hbond substituents is 3. The monoisotopic (exact) mass is 229 g/mol. The summed E-state index contributed by atoms with van der Waals surface area (Å²) in [6.07, 6.45) is 0. The Bertz CT molecular complexity index is 366. The summed E-state index contributed by atoms with van der Waals surface area (Å²) in [5, 5.41) is 27.8. The fraction of sp³-hybridized carbons (Fsp3) is 0.300. The van der Waals surface area contributed by atoms with Crippen LogP contribution in [0, 0.1) is 0 Å². The maximum Gasteiger partial charge on any atom is 0.184 e. The van der Waals surface area contributed by atoms with E-state index in [0.717, 1.165) is 12.1 Å². The number of hydrogen-bond acceptors (Lipinski definition) is 5. The Hall–Kier alpha value is -1.79. The molecule has 0 aliphatic carbocycles. The summed E-state index contributed by atoms with van der Waals surface area (Å²) >= 11 is 0. The van der Waals surface area contributed by atoms with Crippen LogP contribution in [0.25, 0.3) is 0 Å². The first-order valence-corrected chi connectivity index (χ1v) is 4.34. The van der Waals surface area contributed by atoms with E-state index in [1.54, 1.807) is 19.0 Å². The number of carbonyl (C=O) groups excluding carboxylic acids is 1. The summed E-state index contributed by atoms with van der Waals surface area (Å²) in [6, 6.07) is 2.03. The second kappa shape index (κ2) is 5.34. The highest BCUT2D eigenvalue weighted by molar-refractivity contribution is 6.02. The van der Waals surface area contributed by atoms with E-state index in [1.807, 2.05) is 0 Å². The quantitative estimate of drug-likeness (QED) is 0.617. The van der Waals surface area contributed by atoms with Gasteiger partial charge in [0.15, 0.2) is 5.78 Å². The molecule has 0 atom stereocenters. The Morgan fingerprint density at radius 3 is 2.00 bits per heavy atom. The molecular formula is C10H15NO5. The van der Waals surface area contributed by atoms with Crippen LogP contribution >= 0.6 is 0 Å². The average molecular weight is 229 g/mol. The maximum atomic E-state index is 11.6. The smallest absolute Gasteiger partial charge is 0.184 e. The van der Waals surface area contributed by atoms with E-state index in [4.69, 9.17) is 5.11 Å². The molecular weight excluding hydrogens is 214 g/mol. The zero-order chi connectivity index (χ0) is 11.6. The van der Waals surface area contributed by atoms with Crippen LogP contribution in [0.1, 0.15) is 10.4 Å². The molecule has 0 aliphatic rings. The molecule has 1 aromatic carbocycles. The van der Waals surface area contributed by atoms with E-state index in [0.29, 0.717) is 0 Å². The van der Waals surface area contributed by atoms with Crippen molar-refractivity contribution in [2.45, 2.75) is 0 Å². The number of benzene rings is 1. The number of hydrogen-bond donors (Lipinski definition) is 3. The van der Waals surface area contributed by atoms with Crippen LogP contribution in [-0.2, 0) is 0 Å². The van der Waals surface area contributed by atoms with Crippen molar-refractivity contribution in [1.82, 2.24) is 4.90 Å². The van der Waals surface area contributed by atoms with Crippen LogP contribution in [0.5, 0.6) is 17.2 Å². The number of rotatable bonds is 3. The lowest BCUT2D eigenvalue weighted by molar-refractivity contribution is 0.0952. The van der Waals surface area contributed by atoms with E-state index < -0.39 is 17.3 Å². The molecule has 0 unspecified atom stereocenters. The lowest BCUT2D eigenvalue weighted by Crippen LogP contribution is -2.21. The zero-order valence-electron chi connectivity index (χ0n) is 9.06. The number of Topliss-reactive ketones (excluding diaryl/α,β-unsaturated/α-hetero) is 1. The first-order chi connectivity index (χ1) is 6.91. The third-order valence-corrected chi connectivity index (χ3v) is 1.82. The third kappa shape index (κ3) is 3.11. The summed E-state index contributed by atoms with van der Waals surface area (Å²) in [4.78, 5) is 13.2. The molecule has 0 radical (unpaired) electrons. The van der Waals surface area contributed by atoms with Gasteiger partial charge in [-0.25, -0.2) is 0 Å². The third-order valence-electron chi connectivity index (χ3n) is 1.82. The van der Waals surface area contributed by atoms with Crippen LogP contribution < -0.4 is 0 Å². The fourth-order valence-electron chi connectivity index (χ4n) is 1.25. The Kier molecular flexibility index (Phi) is 4.74. The Labute approximate surface area is 92.7 Å². The number of aromatic hydroxyl groups is 3. The van der Waals surface area contributed by atoms with Gasteiger partial charge in [0, 0.05) is 12.1 Å². The normalized spacial score (nSPS) is 9.94. The van der Waals surface area contributed by atoms with Crippen LogP contribution in [0.4, 0.5) is 0 Å². The van der Waals surface area contributed by atoms with E-state index in [9.17, 15) is 15.0 Å². The largest absolute Gasteiger partial charge is 0.508 e. The molecule has 0 saturated heterocycles. The standard InChI is InChI=1S/C10H13NO4.H2O/c1-11(2)5-9(15)10-7(13)3-6(12)4-8(10)14;/h3-4,12-14H,5H2,1-2H3;1H2. The van der Waals surface area contributed by atoms with Gasteiger partial charge in [-0.3, -0.25) is 4.79 Å². The predicted molar refractivity (Wildman–Crippen MR) is 57.9 cm³/mol. The van der Waals surface area contributed by atoms with Gasteiger partial charge in [-0.15, -0.1) is 0 Å². The SMILES string of the molecule is CN(C)CC(=O)c1c(O)cc(O)cc1O.O. The number of likely N-dealkylation sites (N-methyl/N-ethyl adjacent to an activating group) is 1. The van der Waals surface area contributed by atoms with Crippen molar-refractivity contribution in [3.8, 4) is 17.2 Å². The number of nitrogens with zero attached hydrogens (tertiary/aromatic N) is 1. The highest BCUT2D eigenvalue weighted by Crippen LogP contribution is 2.32. The Morgan fingerprint density at radius 2 is 1.62 bits per heavy atom. The summed E-state index contributed by atoms with van der Waals surface area (Å²) in [5.74, 6) is -1.53. The van der Waals surface area contributed by atoms with Crippen LogP contribution in [0.3, 0.4) is 0 Å². The molecule has 0 heterocycles. The number of phenols is 3. The fourth-order valence-corrected chi connectivity index (χ4v) is 1.25. The molecule has 5 N–H and O–H groups in total. The molecule has 6 heteroatoms. The zero-order valence-corrected chi connectivity index (χ0v) is 9.06. The van der Waals surface area contributed by atoms with Crippen molar-refractivity contribution in [3.05, 3.63) is 17.7 Å². The van der Waals surface area contributed by atoms with E-state index in [1.165, 1.54) is 0 Å². The minimum atomic E-state index is -0.417.